The van der Waals surface area contributed by atoms with Crippen molar-refractivity contribution in [2.24, 2.45) is 5.92 Å². The van der Waals surface area contributed by atoms with E-state index < -0.39 is 0 Å². The second-order valence-corrected chi connectivity index (χ2v) is 6.64. The number of rotatable bonds is 3. The van der Waals surface area contributed by atoms with Gasteiger partial charge in [0.05, 0.1) is 5.41 Å². The molecule has 20 heavy (non-hydrogen) atoms. The van der Waals surface area contributed by atoms with Gasteiger partial charge in [0.2, 0.25) is 5.91 Å². The zero-order valence-electron chi connectivity index (χ0n) is 12.4. The van der Waals surface area contributed by atoms with Crippen molar-refractivity contribution in [3.63, 3.8) is 0 Å². The highest BCUT2D eigenvalue weighted by Crippen LogP contribution is 2.44. The van der Waals surface area contributed by atoms with Gasteiger partial charge in [-0.05, 0) is 37.2 Å². The van der Waals surface area contributed by atoms with Gasteiger partial charge in [-0.15, -0.1) is 0 Å². The van der Waals surface area contributed by atoms with Gasteiger partial charge < -0.3 is 5.32 Å². The molecule has 2 aliphatic carbocycles. The molecule has 2 saturated carbocycles. The van der Waals surface area contributed by atoms with E-state index in [-0.39, 0.29) is 11.3 Å². The number of nitrogens with one attached hydrogen (secondary N) is 1. The molecule has 0 spiro atoms. The van der Waals surface area contributed by atoms with Gasteiger partial charge in [-0.3, -0.25) is 4.79 Å². The van der Waals surface area contributed by atoms with Crippen LogP contribution in [0.2, 0.25) is 0 Å². The van der Waals surface area contributed by atoms with Crippen LogP contribution in [0, 0.1) is 5.92 Å². The van der Waals surface area contributed by atoms with Crippen molar-refractivity contribution < 1.29 is 4.79 Å². The lowest BCUT2D eigenvalue weighted by Gasteiger charge is -2.42. The molecule has 0 bridgehead atoms. The standard InChI is InChI=1S/C18H25NO/c1-14-8-5-6-11-16(14)19-17(20)18(12-7-13-18)15-9-3-2-4-10-15/h2-4,9-10,14,16H,5-8,11-13H2,1H3,(H,19,20)/t14-,16-/m0/s1. The third-order valence-electron chi connectivity index (χ3n) is 5.40. The Morgan fingerprint density at radius 2 is 1.80 bits per heavy atom. The predicted molar refractivity (Wildman–Crippen MR) is 81.5 cm³/mol. The number of carbonyl (C=O) groups excluding carboxylic acids is 1. The third kappa shape index (κ3) is 2.36. The van der Waals surface area contributed by atoms with Crippen LogP contribution in [0.15, 0.2) is 30.3 Å². The third-order valence-corrected chi connectivity index (χ3v) is 5.40. The first-order chi connectivity index (χ1) is 9.72. The Morgan fingerprint density at radius 1 is 1.10 bits per heavy atom. The topological polar surface area (TPSA) is 29.1 Å². The Morgan fingerprint density at radius 3 is 2.40 bits per heavy atom. The van der Waals surface area contributed by atoms with Gasteiger partial charge in [0.1, 0.15) is 0 Å². The van der Waals surface area contributed by atoms with Crippen LogP contribution in [0.3, 0.4) is 0 Å². The van der Waals surface area contributed by atoms with Gasteiger partial charge in [-0.2, -0.15) is 0 Å². The highest BCUT2D eigenvalue weighted by Gasteiger charge is 2.46. The molecule has 1 N–H and O–H groups in total. The molecule has 2 nitrogen and oxygen atoms in total. The molecule has 1 amide bonds. The van der Waals surface area contributed by atoms with Crippen molar-refractivity contribution in [1.82, 2.24) is 5.32 Å². The van der Waals surface area contributed by atoms with Gasteiger partial charge in [-0.25, -0.2) is 0 Å². The maximum atomic E-state index is 12.9. The number of benzene rings is 1. The summed E-state index contributed by atoms with van der Waals surface area (Å²) in [5.74, 6) is 0.897. The summed E-state index contributed by atoms with van der Waals surface area (Å²) in [6.07, 6.45) is 8.16. The fourth-order valence-corrected chi connectivity index (χ4v) is 3.77. The van der Waals surface area contributed by atoms with E-state index in [0.29, 0.717) is 12.0 Å². The van der Waals surface area contributed by atoms with Crippen LogP contribution in [0.5, 0.6) is 0 Å². The van der Waals surface area contributed by atoms with Crippen LogP contribution < -0.4 is 5.32 Å². The Hall–Kier alpha value is -1.31. The Labute approximate surface area is 122 Å². The largest absolute Gasteiger partial charge is 0.352 e. The van der Waals surface area contributed by atoms with E-state index >= 15 is 0 Å². The van der Waals surface area contributed by atoms with Crippen LogP contribution in [0.25, 0.3) is 0 Å². The summed E-state index contributed by atoms with van der Waals surface area (Å²) in [6.45, 7) is 2.28. The molecule has 1 aromatic rings. The van der Waals surface area contributed by atoms with Gasteiger partial charge in [0.25, 0.3) is 0 Å². The Balaban J connectivity index is 1.74. The average molecular weight is 271 g/mol. The van der Waals surface area contributed by atoms with Crippen molar-refractivity contribution in [3.05, 3.63) is 35.9 Å². The lowest BCUT2D eigenvalue weighted by atomic mass is 9.63. The smallest absolute Gasteiger partial charge is 0.230 e. The monoisotopic (exact) mass is 271 g/mol. The maximum absolute atomic E-state index is 12.9. The molecule has 0 unspecified atom stereocenters. The van der Waals surface area contributed by atoms with Crippen molar-refractivity contribution in [1.29, 1.82) is 0 Å². The zero-order valence-corrected chi connectivity index (χ0v) is 12.4. The first kappa shape index (κ1) is 13.7. The minimum Gasteiger partial charge on any atom is -0.352 e. The molecular weight excluding hydrogens is 246 g/mol. The fourth-order valence-electron chi connectivity index (χ4n) is 3.77. The van der Waals surface area contributed by atoms with E-state index in [1.165, 1.54) is 31.2 Å². The SMILES string of the molecule is C[C@H]1CCCC[C@@H]1NC(=O)C1(c2ccccc2)CCC1. The molecule has 108 valence electrons. The first-order valence-corrected chi connectivity index (χ1v) is 8.09. The van der Waals surface area contributed by atoms with Crippen LogP contribution in [-0.2, 0) is 10.2 Å². The van der Waals surface area contributed by atoms with Crippen LogP contribution in [0.1, 0.15) is 57.4 Å². The van der Waals surface area contributed by atoms with E-state index in [9.17, 15) is 4.79 Å². The van der Waals surface area contributed by atoms with E-state index in [0.717, 1.165) is 19.3 Å². The number of amides is 1. The van der Waals surface area contributed by atoms with Crippen molar-refractivity contribution in [3.8, 4) is 0 Å². The summed E-state index contributed by atoms with van der Waals surface area (Å²) in [7, 11) is 0. The minimum atomic E-state index is -0.238. The highest BCUT2D eigenvalue weighted by molar-refractivity contribution is 5.89. The van der Waals surface area contributed by atoms with Crippen LogP contribution in [-0.4, -0.2) is 11.9 Å². The molecule has 2 heteroatoms. The zero-order chi connectivity index (χ0) is 14.0. The Kier molecular flexibility index (Phi) is 3.82. The molecule has 1 aromatic carbocycles. The molecule has 2 aliphatic rings. The van der Waals surface area contributed by atoms with E-state index in [1.54, 1.807) is 0 Å². The summed E-state index contributed by atoms with van der Waals surface area (Å²) in [6, 6.07) is 10.7. The molecule has 2 fully saturated rings. The van der Waals surface area contributed by atoms with Crippen molar-refractivity contribution >= 4 is 5.91 Å². The second kappa shape index (κ2) is 5.59. The highest BCUT2D eigenvalue weighted by atomic mass is 16.2. The normalized spacial score (nSPS) is 28.4. The van der Waals surface area contributed by atoms with Gasteiger partial charge in [-0.1, -0.05) is 56.5 Å². The van der Waals surface area contributed by atoms with E-state index in [4.69, 9.17) is 0 Å². The second-order valence-electron chi connectivity index (χ2n) is 6.64. The number of hydrogen-bond acceptors (Lipinski definition) is 1. The van der Waals surface area contributed by atoms with Crippen molar-refractivity contribution in [2.75, 3.05) is 0 Å². The number of hydrogen-bond donors (Lipinski definition) is 1. The molecule has 0 heterocycles. The van der Waals surface area contributed by atoms with Crippen LogP contribution in [0.4, 0.5) is 0 Å². The summed E-state index contributed by atoms with van der Waals surface area (Å²) in [4.78, 5) is 12.9. The lowest BCUT2D eigenvalue weighted by molar-refractivity contribution is -0.131. The molecular formula is C18H25NO. The maximum Gasteiger partial charge on any atom is 0.230 e. The summed E-state index contributed by atoms with van der Waals surface area (Å²) < 4.78 is 0. The molecule has 0 aromatic heterocycles. The summed E-state index contributed by atoms with van der Waals surface area (Å²) in [5.41, 5.74) is 0.963. The Bertz CT molecular complexity index is 464. The lowest BCUT2D eigenvalue weighted by Crippen LogP contribution is -2.53. The predicted octanol–water partition coefficient (Wildman–Crippen LogP) is 3.80. The van der Waals surface area contributed by atoms with E-state index in [1.807, 2.05) is 18.2 Å². The van der Waals surface area contributed by atoms with Gasteiger partial charge in [0, 0.05) is 6.04 Å². The first-order valence-electron chi connectivity index (χ1n) is 8.09. The quantitative estimate of drug-likeness (QED) is 0.890. The van der Waals surface area contributed by atoms with Gasteiger partial charge >= 0.3 is 0 Å². The van der Waals surface area contributed by atoms with E-state index in [2.05, 4.69) is 24.4 Å². The fraction of sp³-hybridized carbons (Fsp3) is 0.611. The molecule has 0 aliphatic heterocycles. The summed E-state index contributed by atoms with van der Waals surface area (Å²) >= 11 is 0. The summed E-state index contributed by atoms with van der Waals surface area (Å²) in [5, 5.41) is 3.37. The molecule has 3 rings (SSSR count). The van der Waals surface area contributed by atoms with Gasteiger partial charge in [0.15, 0.2) is 0 Å². The molecule has 2 atom stereocenters. The average Bonchev–Trinajstić information content (AvgIpc) is 2.41. The number of carbonyl (C=O) groups is 1. The van der Waals surface area contributed by atoms with Crippen molar-refractivity contribution in [2.45, 2.75) is 63.3 Å². The van der Waals surface area contributed by atoms with Crippen LogP contribution >= 0.6 is 0 Å². The molecule has 0 saturated heterocycles. The molecule has 0 radical (unpaired) electrons. The minimum absolute atomic E-state index is 0.238.